The summed E-state index contributed by atoms with van der Waals surface area (Å²) in [6.07, 6.45) is 5.13. The predicted octanol–water partition coefficient (Wildman–Crippen LogP) is 1.81. The maximum atomic E-state index is 5.35. The van der Waals surface area contributed by atoms with E-state index in [9.17, 15) is 0 Å². The van der Waals surface area contributed by atoms with Crippen LogP contribution in [0.4, 0.5) is 0 Å². The number of hydrogen-bond acceptors (Lipinski definition) is 4. The van der Waals surface area contributed by atoms with E-state index in [0.717, 1.165) is 23.6 Å². The number of rotatable bonds is 5. The fourth-order valence-corrected chi connectivity index (χ4v) is 1.98. The van der Waals surface area contributed by atoms with E-state index < -0.39 is 0 Å². The summed E-state index contributed by atoms with van der Waals surface area (Å²) >= 11 is 0. The normalized spacial score (nSPS) is 12.6. The smallest absolute Gasteiger partial charge is 0.161 e. The van der Waals surface area contributed by atoms with Gasteiger partial charge in [-0.05, 0) is 20.0 Å². The molecule has 0 bridgehead atoms. The molecule has 1 atom stereocenters. The van der Waals surface area contributed by atoms with Crippen LogP contribution in [0.1, 0.15) is 24.2 Å². The van der Waals surface area contributed by atoms with Gasteiger partial charge in [-0.1, -0.05) is 0 Å². The standard InChI is InChI=1S/C12H17N3O2/c1-4-15-12(10(16-3)7-14-15)11(13-2)9-5-6-17-8-9/h5-8,11,13H,4H2,1-3H3. The monoisotopic (exact) mass is 235 g/mol. The van der Waals surface area contributed by atoms with E-state index in [-0.39, 0.29) is 6.04 Å². The molecule has 1 N–H and O–H groups in total. The van der Waals surface area contributed by atoms with Crippen molar-refractivity contribution in [3.05, 3.63) is 36.0 Å². The molecule has 2 aromatic rings. The summed E-state index contributed by atoms with van der Waals surface area (Å²) in [6, 6.07) is 1.96. The van der Waals surface area contributed by atoms with Gasteiger partial charge in [0.1, 0.15) is 5.69 Å². The van der Waals surface area contributed by atoms with Crippen LogP contribution in [0.5, 0.6) is 5.75 Å². The third kappa shape index (κ3) is 2.06. The highest BCUT2D eigenvalue weighted by Crippen LogP contribution is 2.29. The molecule has 17 heavy (non-hydrogen) atoms. The van der Waals surface area contributed by atoms with Crippen molar-refractivity contribution in [3.63, 3.8) is 0 Å². The maximum Gasteiger partial charge on any atom is 0.161 e. The Morgan fingerprint density at radius 3 is 2.94 bits per heavy atom. The Balaban J connectivity index is 2.46. The maximum absolute atomic E-state index is 5.35. The van der Waals surface area contributed by atoms with E-state index in [1.165, 1.54) is 0 Å². The summed E-state index contributed by atoms with van der Waals surface area (Å²) in [4.78, 5) is 0. The molecule has 2 aromatic heterocycles. The van der Waals surface area contributed by atoms with Crippen molar-refractivity contribution in [1.82, 2.24) is 15.1 Å². The zero-order chi connectivity index (χ0) is 12.3. The van der Waals surface area contributed by atoms with E-state index in [1.807, 2.05) is 17.8 Å². The molecular weight excluding hydrogens is 218 g/mol. The van der Waals surface area contributed by atoms with Crippen molar-refractivity contribution in [2.75, 3.05) is 14.2 Å². The molecule has 5 nitrogen and oxygen atoms in total. The van der Waals surface area contributed by atoms with Crippen LogP contribution in [-0.2, 0) is 6.54 Å². The summed E-state index contributed by atoms with van der Waals surface area (Å²) < 4.78 is 12.4. The third-order valence-corrected chi connectivity index (χ3v) is 2.80. The molecule has 0 radical (unpaired) electrons. The van der Waals surface area contributed by atoms with Crippen molar-refractivity contribution >= 4 is 0 Å². The van der Waals surface area contributed by atoms with Gasteiger partial charge in [-0.3, -0.25) is 4.68 Å². The molecule has 0 amide bonds. The average molecular weight is 235 g/mol. The van der Waals surface area contributed by atoms with Gasteiger partial charge >= 0.3 is 0 Å². The Kier molecular flexibility index (Phi) is 3.49. The molecule has 92 valence electrons. The molecule has 0 aromatic carbocycles. The lowest BCUT2D eigenvalue weighted by molar-refractivity contribution is 0.401. The van der Waals surface area contributed by atoms with Crippen LogP contribution < -0.4 is 10.1 Å². The number of nitrogens with zero attached hydrogens (tertiary/aromatic N) is 2. The number of aryl methyl sites for hydroxylation is 1. The average Bonchev–Trinajstić information content (AvgIpc) is 2.99. The zero-order valence-electron chi connectivity index (χ0n) is 10.3. The van der Waals surface area contributed by atoms with Gasteiger partial charge in [-0.15, -0.1) is 0 Å². The van der Waals surface area contributed by atoms with E-state index >= 15 is 0 Å². The fourth-order valence-electron chi connectivity index (χ4n) is 1.98. The molecule has 5 heteroatoms. The van der Waals surface area contributed by atoms with Gasteiger partial charge in [-0.25, -0.2) is 0 Å². The molecule has 0 aliphatic carbocycles. The lowest BCUT2D eigenvalue weighted by Gasteiger charge is -2.17. The molecule has 0 spiro atoms. The number of furan rings is 1. The second kappa shape index (κ2) is 5.05. The highest BCUT2D eigenvalue weighted by molar-refractivity contribution is 5.35. The van der Waals surface area contributed by atoms with Crippen molar-refractivity contribution in [2.45, 2.75) is 19.5 Å². The number of methoxy groups -OCH3 is 1. The molecule has 0 fully saturated rings. The fraction of sp³-hybridized carbons (Fsp3) is 0.417. The van der Waals surface area contributed by atoms with Crippen LogP contribution in [0.3, 0.4) is 0 Å². The van der Waals surface area contributed by atoms with Gasteiger partial charge in [0.15, 0.2) is 5.75 Å². The van der Waals surface area contributed by atoms with Crippen LogP contribution in [0.15, 0.2) is 29.2 Å². The first-order valence-electron chi connectivity index (χ1n) is 5.60. The Morgan fingerprint density at radius 1 is 1.59 bits per heavy atom. The number of nitrogens with one attached hydrogen (secondary N) is 1. The molecule has 1 unspecified atom stereocenters. The lowest BCUT2D eigenvalue weighted by atomic mass is 10.1. The van der Waals surface area contributed by atoms with Gasteiger partial charge in [0.2, 0.25) is 0 Å². The highest BCUT2D eigenvalue weighted by atomic mass is 16.5. The first kappa shape index (κ1) is 11.7. The minimum atomic E-state index is 0.0196. The van der Waals surface area contributed by atoms with Gasteiger partial charge < -0.3 is 14.5 Å². The van der Waals surface area contributed by atoms with Gasteiger partial charge in [0.25, 0.3) is 0 Å². The number of hydrogen-bond donors (Lipinski definition) is 1. The second-order valence-corrected chi connectivity index (χ2v) is 3.69. The van der Waals surface area contributed by atoms with Crippen molar-refractivity contribution in [3.8, 4) is 5.75 Å². The lowest BCUT2D eigenvalue weighted by Crippen LogP contribution is -2.21. The largest absolute Gasteiger partial charge is 0.493 e. The Bertz CT molecular complexity index is 441. The van der Waals surface area contributed by atoms with E-state index in [1.54, 1.807) is 25.8 Å². The summed E-state index contributed by atoms with van der Waals surface area (Å²) in [5, 5.41) is 7.56. The SMILES string of the molecule is CCn1ncc(OC)c1C(NC)c1ccoc1. The van der Waals surface area contributed by atoms with Crippen LogP contribution in [-0.4, -0.2) is 23.9 Å². The Labute approximate surface area is 100 Å². The zero-order valence-corrected chi connectivity index (χ0v) is 10.3. The molecule has 0 saturated heterocycles. The predicted molar refractivity (Wildman–Crippen MR) is 64.1 cm³/mol. The summed E-state index contributed by atoms with van der Waals surface area (Å²) in [6.45, 7) is 2.85. The van der Waals surface area contributed by atoms with Crippen molar-refractivity contribution < 1.29 is 9.15 Å². The third-order valence-electron chi connectivity index (χ3n) is 2.80. The Morgan fingerprint density at radius 2 is 2.41 bits per heavy atom. The highest BCUT2D eigenvalue weighted by Gasteiger charge is 2.22. The first-order chi connectivity index (χ1) is 8.31. The summed E-state index contributed by atoms with van der Waals surface area (Å²) in [5.41, 5.74) is 2.07. The van der Waals surface area contributed by atoms with Crippen LogP contribution in [0.2, 0.25) is 0 Å². The minimum Gasteiger partial charge on any atom is -0.493 e. The minimum absolute atomic E-state index is 0.0196. The molecule has 0 saturated carbocycles. The van der Waals surface area contributed by atoms with Crippen LogP contribution in [0.25, 0.3) is 0 Å². The quantitative estimate of drug-likeness (QED) is 0.858. The number of ether oxygens (including phenoxy) is 1. The summed E-state index contributed by atoms with van der Waals surface area (Å²) in [7, 11) is 3.56. The molecule has 0 aliphatic rings. The van der Waals surface area contributed by atoms with Crippen molar-refractivity contribution in [2.24, 2.45) is 0 Å². The topological polar surface area (TPSA) is 52.2 Å². The van der Waals surface area contributed by atoms with Gasteiger partial charge in [0, 0.05) is 12.1 Å². The van der Waals surface area contributed by atoms with E-state index in [0.29, 0.717) is 0 Å². The summed E-state index contributed by atoms with van der Waals surface area (Å²) in [5.74, 6) is 0.785. The second-order valence-electron chi connectivity index (χ2n) is 3.69. The van der Waals surface area contributed by atoms with E-state index in [2.05, 4.69) is 17.3 Å². The first-order valence-corrected chi connectivity index (χ1v) is 5.60. The number of aromatic nitrogens is 2. The van der Waals surface area contributed by atoms with Crippen LogP contribution in [0, 0.1) is 0 Å². The van der Waals surface area contributed by atoms with E-state index in [4.69, 9.17) is 9.15 Å². The van der Waals surface area contributed by atoms with Gasteiger partial charge in [0.05, 0.1) is 31.9 Å². The Hall–Kier alpha value is -1.75. The van der Waals surface area contributed by atoms with Crippen molar-refractivity contribution in [1.29, 1.82) is 0 Å². The molecule has 2 rings (SSSR count). The van der Waals surface area contributed by atoms with Gasteiger partial charge in [-0.2, -0.15) is 5.10 Å². The molecular formula is C12H17N3O2. The van der Waals surface area contributed by atoms with Crippen LogP contribution >= 0.6 is 0 Å². The molecule has 2 heterocycles. The molecule has 0 aliphatic heterocycles.